The minimum absolute atomic E-state index is 0.112. The number of aromatic amines is 1. The zero-order chi connectivity index (χ0) is 14.7. The predicted molar refractivity (Wildman–Crippen MR) is 82.0 cm³/mol. The Kier molecular flexibility index (Phi) is 4.02. The van der Waals surface area contributed by atoms with E-state index in [-0.39, 0.29) is 5.91 Å². The first-order valence-corrected chi connectivity index (χ1v) is 7.35. The lowest BCUT2D eigenvalue weighted by molar-refractivity contribution is -0.122. The molecule has 0 spiro atoms. The van der Waals surface area contributed by atoms with Crippen molar-refractivity contribution in [2.24, 2.45) is 0 Å². The van der Waals surface area contributed by atoms with Gasteiger partial charge < -0.3 is 0 Å². The van der Waals surface area contributed by atoms with Crippen LogP contribution in [0.2, 0.25) is 0 Å². The number of hydrogen-bond donors (Lipinski definition) is 1. The Morgan fingerprint density at radius 2 is 2.33 bits per heavy atom. The number of hydrogen-bond acceptors (Lipinski definition) is 7. The summed E-state index contributed by atoms with van der Waals surface area (Å²) in [6.45, 7) is 0.434. The topological polar surface area (TPSA) is 87.7 Å². The molecule has 0 unspecified atom stereocenters. The average Bonchev–Trinajstić information content (AvgIpc) is 3.08. The number of tetrazole rings is 1. The van der Waals surface area contributed by atoms with Crippen LogP contribution in [0, 0.1) is 0 Å². The SMILES string of the molecule is O=C1/C(=C/c2ccccn2)SC(=S)N1CCc1nn[nH]n1. The van der Waals surface area contributed by atoms with Gasteiger partial charge in [0.2, 0.25) is 0 Å². The van der Waals surface area contributed by atoms with E-state index in [1.807, 2.05) is 18.2 Å². The quantitative estimate of drug-likeness (QED) is 0.665. The molecular weight excluding hydrogens is 308 g/mol. The van der Waals surface area contributed by atoms with Crippen LogP contribution in [0.5, 0.6) is 0 Å². The van der Waals surface area contributed by atoms with Crippen molar-refractivity contribution in [2.75, 3.05) is 6.54 Å². The summed E-state index contributed by atoms with van der Waals surface area (Å²) < 4.78 is 0.533. The van der Waals surface area contributed by atoms with Gasteiger partial charge in [0.15, 0.2) is 5.82 Å². The van der Waals surface area contributed by atoms with Gasteiger partial charge in [0.25, 0.3) is 5.91 Å². The molecule has 0 aromatic carbocycles. The molecule has 0 radical (unpaired) electrons. The smallest absolute Gasteiger partial charge is 0.266 e. The molecule has 1 N–H and O–H groups in total. The van der Waals surface area contributed by atoms with Crippen LogP contribution in [0.25, 0.3) is 6.08 Å². The third-order valence-corrected chi connectivity index (χ3v) is 4.17. The third kappa shape index (κ3) is 3.14. The van der Waals surface area contributed by atoms with E-state index in [1.165, 1.54) is 11.8 Å². The maximum absolute atomic E-state index is 12.3. The number of H-pyrrole nitrogens is 1. The number of rotatable bonds is 4. The van der Waals surface area contributed by atoms with Gasteiger partial charge in [0, 0.05) is 19.2 Å². The zero-order valence-electron chi connectivity index (χ0n) is 10.8. The third-order valence-electron chi connectivity index (χ3n) is 2.79. The van der Waals surface area contributed by atoms with Crippen molar-refractivity contribution in [3.63, 3.8) is 0 Å². The molecule has 2 aromatic rings. The van der Waals surface area contributed by atoms with Gasteiger partial charge in [-0.2, -0.15) is 5.21 Å². The second kappa shape index (κ2) is 6.10. The molecule has 1 saturated heterocycles. The molecule has 0 atom stereocenters. The Morgan fingerprint density at radius 1 is 1.43 bits per heavy atom. The number of nitrogens with zero attached hydrogens (tertiary/aromatic N) is 5. The highest BCUT2D eigenvalue weighted by Crippen LogP contribution is 2.32. The molecule has 0 aliphatic carbocycles. The lowest BCUT2D eigenvalue weighted by Gasteiger charge is -2.12. The van der Waals surface area contributed by atoms with Gasteiger partial charge in [0.05, 0.1) is 10.6 Å². The number of aromatic nitrogens is 5. The van der Waals surface area contributed by atoms with Crippen LogP contribution in [0.3, 0.4) is 0 Å². The molecule has 1 amide bonds. The Balaban J connectivity index is 1.71. The van der Waals surface area contributed by atoms with Gasteiger partial charge in [-0.05, 0) is 18.2 Å². The molecule has 3 rings (SSSR count). The number of pyridine rings is 1. The molecule has 106 valence electrons. The Bertz CT molecular complexity index is 685. The maximum atomic E-state index is 12.3. The average molecular weight is 318 g/mol. The maximum Gasteiger partial charge on any atom is 0.266 e. The van der Waals surface area contributed by atoms with Gasteiger partial charge in [-0.25, -0.2) is 0 Å². The predicted octanol–water partition coefficient (Wildman–Crippen LogP) is 1.04. The molecule has 0 bridgehead atoms. The van der Waals surface area contributed by atoms with Crippen LogP contribution in [0.1, 0.15) is 11.5 Å². The fourth-order valence-electron chi connectivity index (χ4n) is 1.79. The molecule has 0 saturated carbocycles. The van der Waals surface area contributed by atoms with Crippen LogP contribution in [0.15, 0.2) is 29.3 Å². The van der Waals surface area contributed by atoms with E-state index >= 15 is 0 Å². The van der Waals surface area contributed by atoms with E-state index in [9.17, 15) is 4.79 Å². The summed E-state index contributed by atoms with van der Waals surface area (Å²) >= 11 is 6.53. The van der Waals surface area contributed by atoms with Crippen molar-refractivity contribution in [1.82, 2.24) is 30.5 Å². The Hall–Kier alpha value is -2.13. The first-order chi connectivity index (χ1) is 10.2. The summed E-state index contributed by atoms with van der Waals surface area (Å²) in [5.74, 6) is 0.442. The normalized spacial score (nSPS) is 17.0. The summed E-state index contributed by atoms with van der Waals surface area (Å²) in [6.07, 6.45) is 3.93. The van der Waals surface area contributed by atoms with Gasteiger partial charge in [-0.15, -0.1) is 10.2 Å². The summed E-state index contributed by atoms with van der Waals surface area (Å²) in [6, 6.07) is 5.54. The van der Waals surface area contributed by atoms with Crippen LogP contribution in [0.4, 0.5) is 0 Å². The highest BCUT2D eigenvalue weighted by molar-refractivity contribution is 8.26. The molecule has 3 heterocycles. The number of thiocarbonyl (C=S) groups is 1. The number of amides is 1. The number of carbonyl (C=O) groups is 1. The summed E-state index contributed by atoms with van der Waals surface area (Å²) in [5.41, 5.74) is 0.733. The zero-order valence-corrected chi connectivity index (χ0v) is 12.4. The van der Waals surface area contributed by atoms with Crippen LogP contribution >= 0.6 is 24.0 Å². The van der Waals surface area contributed by atoms with Crippen molar-refractivity contribution in [2.45, 2.75) is 6.42 Å². The van der Waals surface area contributed by atoms with Gasteiger partial charge in [0.1, 0.15) is 4.32 Å². The van der Waals surface area contributed by atoms with E-state index in [2.05, 4.69) is 25.6 Å². The van der Waals surface area contributed by atoms with E-state index in [0.717, 1.165) is 5.69 Å². The molecule has 1 aliphatic rings. The fourth-order valence-corrected chi connectivity index (χ4v) is 3.08. The summed E-state index contributed by atoms with van der Waals surface area (Å²) in [7, 11) is 0. The lowest BCUT2D eigenvalue weighted by Crippen LogP contribution is -2.30. The largest absolute Gasteiger partial charge is 0.292 e. The molecule has 2 aromatic heterocycles. The van der Waals surface area contributed by atoms with Crippen LogP contribution in [-0.2, 0) is 11.2 Å². The van der Waals surface area contributed by atoms with Crippen molar-refractivity contribution < 1.29 is 4.79 Å². The van der Waals surface area contributed by atoms with Crippen molar-refractivity contribution in [3.8, 4) is 0 Å². The van der Waals surface area contributed by atoms with Crippen molar-refractivity contribution in [3.05, 3.63) is 40.8 Å². The monoisotopic (exact) mass is 318 g/mol. The minimum atomic E-state index is -0.112. The molecule has 21 heavy (non-hydrogen) atoms. The number of thioether (sulfide) groups is 1. The molecular formula is C12H10N6OS2. The molecule has 9 heteroatoms. The molecule has 1 fully saturated rings. The van der Waals surface area contributed by atoms with Gasteiger partial charge in [-0.1, -0.05) is 35.3 Å². The van der Waals surface area contributed by atoms with Gasteiger partial charge in [-0.3, -0.25) is 14.7 Å². The Morgan fingerprint density at radius 3 is 3.05 bits per heavy atom. The van der Waals surface area contributed by atoms with Crippen LogP contribution < -0.4 is 0 Å². The first-order valence-electron chi connectivity index (χ1n) is 6.13. The van der Waals surface area contributed by atoms with Gasteiger partial charge >= 0.3 is 0 Å². The summed E-state index contributed by atoms with van der Waals surface area (Å²) in [4.78, 5) is 18.6. The highest BCUT2D eigenvalue weighted by atomic mass is 32.2. The number of carbonyl (C=O) groups excluding carboxylic acids is 1. The second-order valence-electron chi connectivity index (χ2n) is 4.17. The fraction of sp³-hybridized carbons (Fsp3) is 0.167. The molecule has 7 nitrogen and oxygen atoms in total. The van der Waals surface area contributed by atoms with E-state index in [4.69, 9.17) is 12.2 Å². The minimum Gasteiger partial charge on any atom is -0.292 e. The Labute approximate surface area is 129 Å². The van der Waals surface area contributed by atoms with E-state index in [1.54, 1.807) is 17.2 Å². The first kappa shape index (κ1) is 13.8. The van der Waals surface area contributed by atoms with Crippen LogP contribution in [-0.4, -0.2) is 47.3 Å². The molecule has 1 aliphatic heterocycles. The van der Waals surface area contributed by atoms with E-state index < -0.39 is 0 Å². The lowest BCUT2D eigenvalue weighted by atomic mass is 10.3. The van der Waals surface area contributed by atoms with E-state index in [0.29, 0.717) is 28.0 Å². The standard InChI is InChI=1S/C12H10N6OS2/c19-11-9(7-8-3-1-2-5-13-8)21-12(20)18(11)6-4-10-14-16-17-15-10/h1-3,5,7H,4,6H2,(H,14,15,16,17)/b9-7-. The highest BCUT2D eigenvalue weighted by Gasteiger charge is 2.31. The second-order valence-corrected chi connectivity index (χ2v) is 5.84. The van der Waals surface area contributed by atoms with Crippen molar-refractivity contribution in [1.29, 1.82) is 0 Å². The summed E-state index contributed by atoms with van der Waals surface area (Å²) in [5, 5.41) is 13.6. The number of nitrogens with one attached hydrogen (secondary N) is 1. The van der Waals surface area contributed by atoms with Crippen molar-refractivity contribution >= 4 is 40.3 Å².